The molecular formula is C11H17F3N2O3. The number of likely N-dealkylation sites (tertiary alicyclic amines) is 1. The summed E-state index contributed by atoms with van der Waals surface area (Å²) in [5.74, 6) is -1.04. The number of carbonyl (C=O) groups excluding carboxylic acids is 2. The Morgan fingerprint density at radius 2 is 2.21 bits per heavy atom. The van der Waals surface area contributed by atoms with Crippen molar-refractivity contribution in [1.29, 1.82) is 0 Å². The first-order valence-corrected chi connectivity index (χ1v) is 5.95. The molecule has 5 nitrogen and oxygen atoms in total. The average Bonchev–Trinajstić information content (AvgIpc) is 2.63. The minimum absolute atomic E-state index is 0.0381. The highest BCUT2D eigenvalue weighted by Crippen LogP contribution is 2.21. The number of esters is 1. The van der Waals surface area contributed by atoms with Crippen LogP contribution in [0.1, 0.15) is 19.8 Å². The number of alkyl halides is 3. The van der Waals surface area contributed by atoms with Gasteiger partial charge in [0.05, 0.1) is 7.11 Å². The summed E-state index contributed by atoms with van der Waals surface area (Å²) in [6.07, 6.45) is -4.00. The van der Waals surface area contributed by atoms with Gasteiger partial charge in [-0.1, -0.05) is 6.92 Å². The number of rotatable bonds is 5. The Kier molecular flexibility index (Phi) is 5.16. The van der Waals surface area contributed by atoms with Gasteiger partial charge in [-0.3, -0.25) is 14.9 Å². The second-order valence-corrected chi connectivity index (χ2v) is 4.44. The number of nitrogens with zero attached hydrogens (tertiary/aromatic N) is 1. The third kappa shape index (κ3) is 4.70. The molecule has 0 saturated carbocycles. The molecular weight excluding hydrogens is 265 g/mol. The van der Waals surface area contributed by atoms with Crippen LogP contribution in [0.2, 0.25) is 0 Å². The lowest BCUT2D eigenvalue weighted by molar-refractivity contribution is -0.157. The minimum Gasteiger partial charge on any atom is -0.468 e. The van der Waals surface area contributed by atoms with Crippen LogP contribution < -0.4 is 5.32 Å². The number of methoxy groups -OCH3 is 1. The van der Waals surface area contributed by atoms with Crippen LogP contribution in [-0.2, 0) is 14.3 Å². The van der Waals surface area contributed by atoms with Crippen LogP contribution in [-0.4, -0.2) is 55.2 Å². The Bertz CT molecular complexity index is 347. The molecule has 1 heterocycles. The van der Waals surface area contributed by atoms with Crippen LogP contribution in [0, 0.1) is 0 Å². The van der Waals surface area contributed by atoms with Crippen LogP contribution in [0.4, 0.5) is 13.2 Å². The topological polar surface area (TPSA) is 58.6 Å². The SMILES string of the molecule is CC[C@@H](N[C@@H]1CC(=O)N(CC(F)(F)F)C1)C(=O)OC. The summed E-state index contributed by atoms with van der Waals surface area (Å²) in [7, 11) is 1.24. The average molecular weight is 282 g/mol. The molecule has 0 radical (unpaired) electrons. The van der Waals surface area contributed by atoms with Gasteiger partial charge < -0.3 is 9.64 Å². The smallest absolute Gasteiger partial charge is 0.406 e. The molecule has 110 valence electrons. The Hall–Kier alpha value is -1.31. The van der Waals surface area contributed by atoms with Crippen molar-refractivity contribution < 1.29 is 27.5 Å². The number of hydrogen-bond acceptors (Lipinski definition) is 4. The molecule has 1 saturated heterocycles. The van der Waals surface area contributed by atoms with Gasteiger partial charge in [0, 0.05) is 19.0 Å². The summed E-state index contributed by atoms with van der Waals surface area (Å²) in [6.45, 7) is 0.448. The van der Waals surface area contributed by atoms with Crippen molar-refractivity contribution in [1.82, 2.24) is 10.2 Å². The normalized spacial score (nSPS) is 21.6. The predicted octanol–water partition coefficient (Wildman–Crippen LogP) is 0.691. The monoisotopic (exact) mass is 282 g/mol. The van der Waals surface area contributed by atoms with E-state index in [-0.39, 0.29) is 13.0 Å². The minimum atomic E-state index is -4.41. The molecule has 0 aliphatic carbocycles. The highest BCUT2D eigenvalue weighted by atomic mass is 19.4. The van der Waals surface area contributed by atoms with Crippen molar-refractivity contribution in [3.63, 3.8) is 0 Å². The van der Waals surface area contributed by atoms with E-state index in [1.165, 1.54) is 7.11 Å². The zero-order valence-electron chi connectivity index (χ0n) is 10.8. The van der Waals surface area contributed by atoms with Crippen molar-refractivity contribution >= 4 is 11.9 Å². The number of hydrogen-bond donors (Lipinski definition) is 1. The fourth-order valence-corrected chi connectivity index (χ4v) is 2.03. The highest BCUT2D eigenvalue weighted by Gasteiger charge is 2.39. The molecule has 1 aliphatic rings. The molecule has 8 heteroatoms. The summed E-state index contributed by atoms with van der Waals surface area (Å²) in [4.78, 5) is 23.6. The summed E-state index contributed by atoms with van der Waals surface area (Å²) < 4.78 is 41.3. The summed E-state index contributed by atoms with van der Waals surface area (Å²) >= 11 is 0. The fourth-order valence-electron chi connectivity index (χ4n) is 2.03. The van der Waals surface area contributed by atoms with Crippen LogP contribution in [0.25, 0.3) is 0 Å². The van der Waals surface area contributed by atoms with E-state index in [9.17, 15) is 22.8 Å². The number of ether oxygens (including phenoxy) is 1. The van der Waals surface area contributed by atoms with E-state index in [0.29, 0.717) is 6.42 Å². The predicted molar refractivity (Wildman–Crippen MR) is 60.3 cm³/mol. The summed E-state index contributed by atoms with van der Waals surface area (Å²) in [5, 5.41) is 2.86. The van der Waals surface area contributed by atoms with Crippen LogP contribution >= 0.6 is 0 Å². The van der Waals surface area contributed by atoms with Crippen LogP contribution in [0.3, 0.4) is 0 Å². The Morgan fingerprint density at radius 3 is 2.68 bits per heavy atom. The van der Waals surface area contributed by atoms with E-state index in [4.69, 9.17) is 0 Å². The molecule has 1 amide bonds. The Balaban J connectivity index is 2.54. The van der Waals surface area contributed by atoms with E-state index < -0.39 is 36.7 Å². The van der Waals surface area contributed by atoms with E-state index in [1.807, 2.05) is 0 Å². The van der Waals surface area contributed by atoms with E-state index in [1.54, 1.807) is 6.92 Å². The van der Waals surface area contributed by atoms with Crippen molar-refractivity contribution in [2.45, 2.75) is 38.0 Å². The van der Waals surface area contributed by atoms with Crippen molar-refractivity contribution in [2.24, 2.45) is 0 Å². The molecule has 1 N–H and O–H groups in total. The van der Waals surface area contributed by atoms with Gasteiger partial charge in [-0.05, 0) is 6.42 Å². The zero-order valence-corrected chi connectivity index (χ0v) is 10.8. The second kappa shape index (κ2) is 6.23. The first kappa shape index (κ1) is 15.7. The van der Waals surface area contributed by atoms with Gasteiger partial charge in [0.1, 0.15) is 12.6 Å². The standard InChI is InChI=1S/C11H17F3N2O3/c1-3-8(10(18)19-2)15-7-4-9(17)16(5-7)6-11(12,13)14/h7-8,15H,3-6H2,1-2H3/t7-,8-/m1/s1. The molecule has 1 fully saturated rings. The molecule has 2 atom stereocenters. The van der Waals surface area contributed by atoms with Crippen LogP contribution in [0.5, 0.6) is 0 Å². The molecule has 0 aromatic rings. The first-order valence-electron chi connectivity index (χ1n) is 5.95. The van der Waals surface area contributed by atoms with Crippen molar-refractivity contribution in [2.75, 3.05) is 20.2 Å². The van der Waals surface area contributed by atoms with Gasteiger partial charge in [-0.15, -0.1) is 0 Å². The van der Waals surface area contributed by atoms with Gasteiger partial charge in [0.25, 0.3) is 0 Å². The van der Waals surface area contributed by atoms with Gasteiger partial charge >= 0.3 is 12.1 Å². The number of halogens is 3. The van der Waals surface area contributed by atoms with Gasteiger partial charge in [0.15, 0.2) is 0 Å². The fraction of sp³-hybridized carbons (Fsp3) is 0.818. The number of carbonyl (C=O) groups is 2. The molecule has 0 aromatic carbocycles. The summed E-state index contributed by atoms with van der Waals surface area (Å²) in [5.41, 5.74) is 0. The van der Waals surface area contributed by atoms with Crippen molar-refractivity contribution in [3.05, 3.63) is 0 Å². The van der Waals surface area contributed by atoms with E-state index in [0.717, 1.165) is 4.90 Å². The molecule has 1 aliphatic heterocycles. The zero-order chi connectivity index (χ0) is 14.6. The van der Waals surface area contributed by atoms with Gasteiger partial charge in [-0.2, -0.15) is 13.2 Å². The first-order chi connectivity index (χ1) is 8.76. The lowest BCUT2D eigenvalue weighted by Gasteiger charge is -2.21. The molecule has 0 aromatic heterocycles. The third-order valence-corrected chi connectivity index (χ3v) is 2.92. The Morgan fingerprint density at radius 1 is 1.58 bits per heavy atom. The third-order valence-electron chi connectivity index (χ3n) is 2.92. The van der Waals surface area contributed by atoms with Crippen molar-refractivity contribution in [3.8, 4) is 0 Å². The maximum absolute atomic E-state index is 12.2. The maximum Gasteiger partial charge on any atom is 0.406 e. The summed E-state index contributed by atoms with van der Waals surface area (Å²) in [6, 6.07) is -1.06. The number of amides is 1. The quantitative estimate of drug-likeness (QED) is 0.754. The van der Waals surface area contributed by atoms with Gasteiger partial charge in [-0.25, -0.2) is 0 Å². The lowest BCUT2D eigenvalue weighted by atomic mass is 10.1. The number of nitrogens with one attached hydrogen (secondary N) is 1. The molecule has 1 rings (SSSR count). The van der Waals surface area contributed by atoms with E-state index >= 15 is 0 Å². The molecule has 0 unspecified atom stereocenters. The molecule has 19 heavy (non-hydrogen) atoms. The van der Waals surface area contributed by atoms with E-state index in [2.05, 4.69) is 10.1 Å². The lowest BCUT2D eigenvalue weighted by Crippen LogP contribution is -2.45. The second-order valence-electron chi connectivity index (χ2n) is 4.44. The highest BCUT2D eigenvalue weighted by molar-refractivity contribution is 5.80. The Labute approximate surface area is 109 Å². The van der Waals surface area contributed by atoms with Gasteiger partial charge in [0.2, 0.25) is 5.91 Å². The molecule has 0 bridgehead atoms. The molecule has 0 spiro atoms. The van der Waals surface area contributed by atoms with Crippen LogP contribution in [0.15, 0.2) is 0 Å². The maximum atomic E-state index is 12.2. The largest absolute Gasteiger partial charge is 0.468 e.